The lowest BCUT2D eigenvalue weighted by molar-refractivity contribution is -0.122. The van der Waals surface area contributed by atoms with Crippen LogP contribution in [0.2, 0.25) is 0 Å². The highest BCUT2D eigenvalue weighted by molar-refractivity contribution is 5.97. The lowest BCUT2D eigenvalue weighted by atomic mass is 10.1. The van der Waals surface area contributed by atoms with Gasteiger partial charge in [0, 0.05) is 0 Å². The summed E-state index contributed by atoms with van der Waals surface area (Å²) in [4.78, 5) is 25.5. The fraction of sp³-hybridized carbons (Fsp3) is 0.292. The molecule has 0 radical (unpaired) electrons. The molecule has 1 atom stereocenters. The van der Waals surface area contributed by atoms with Crippen molar-refractivity contribution < 1.29 is 18.7 Å². The number of rotatable bonds is 6. The predicted molar refractivity (Wildman–Crippen MR) is 117 cm³/mol. The largest absolute Gasteiger partial charge is 0.493 e. The fourth-order valence-electron chi connectivity index (χ4n) is 3.86. The minimum Gasteiger partial charge on any atom is -0.493 e. The van der Waals surface area contributed by atoms with Crippen molar-refractivity contribution >= 4 is 11.8 Å². The topological polar surface area (TPSA) is 85.2 Å². The van der Waals surface area contributed by atoms with Crippen molar-refractivity contribution in [2.75, 3.05) is 6.61 Å². The quantitative estimate of drug-likeness (QED) is 0.682. The first-order valence-electron chi connectivity index (χ1n) is 10.4. The third-order valence-electron chi connectivity index (χ3n) is 5.82. The molecule has 2 aliphatic rings. The third-order valence-corrected chi connectivity index (χ3v) is 5.82. The smallest absolute Gasteiger partial charge is 0.275 e. The van der Waals surface area contributed by atoms with E-state index in [-0.39, 0.29) is 18.0 Å². The third kappa shape index (κ3) is 3.84. The molecule has 2 heterocycles. The number of carbonyl (C=O) groups excluding carboxylic acids is 2. The Bertz CT molecular complexity index is 1130. The molecule has 166 valence electrons. The van der Waals surface area contributed by atoms with Crippen molar-refractivity contribution in [1.29, 1.82) is 0 Å². The van der Waals surface area contributed by atoms with Gasteiger partial charge < -0.3 is 15.4 Å². The molecule has 2 N–H and O–H groups in total. The van der Waals surface area contributed by atoms with Gasteiger partial charge in [-0.15, -0.1) is 0 Å². The lowest BCUT2D eigenvalue weighted by Gasteiger charge is -2.18. The van der Waals surface area contributed by atoms with E-state index in [0.717, 1.165) is 18.4 Å². The molecular weight excluding hydrogens is 411 g/mol. The van der Waals surface area contributed by atoms with E-state index < -0.39 is 29.2 Å². The fourth-order valence-corrected chi connectivity index (χ4v) is 3.86. The summed E-state index contributed by atoms with van der Waals surface area (Å²) in [6.07, 6.45) is 6.50. The number of benzene rings is 1. The van der Waals surface area contributed by atoms with Crippen LogP contribution in [0.5, 0.6) is 0 Å². The molecule has 1 aromatic heterocycles. The van der Waals surface area contributed by atoms with E-state index >= 15 is 4.39 Å². The van der Waals surface area contributed by atoms with Gasteiger partial charge in [-0.25, -0.2) is 4.39 Å². The number of aromatic nitrogens is 2. The van der Waals surface area contributed by atoms with Crippen molar-refractivity contribution in [3.05, 3.63) is 89.4 Å². The molecule has 0 bridgehead atoms. The van der Waals surface area contributed by atoms with Gasteiger partial charge in [-0.1, -0.05) is 49.1 Å². The summed E-state index contributed by atoms with van der Waals surface area (Å²) < 4.78 is 22.2. The molecule has 1 aromatic carbocycles. The van der Waals surface area contributed by atoms with E-state index in [1.165, 1.54) is 0 Å². The molecule has 0 saturated heterocycles. The Labute approximate surface area is 185 Å². The number of hydrogen-bond donors (Lipinski definition) is 2. The maximum atomic E-state index is 15.0. The molecule has 32 heavy (non-hydrogen) atoms. The number of halogens is 1. The number of hydrogen-bond acceptors (Lipinski definition) is 4. The summed E-state index contributed by atoms with van der Waals surface area (Å²) in [5, 5.41) is 9.59. The minimum atomic E-state index is -0.999. The standard InChI is InChI=1S/C24H25FN4O3/c1-4-5-11-18-16(3)32-14-19(22(30)26-18)27-23(31)21-20(25)15(2)29(28-21)24(12-13-24)17-9-7-6-8-10-17/h4-11,19H,1,12-14H2,2-3H3,(H,26,30)(H,27,31)/b11-5-/t19-/m0/s1. The van der Waals surface area contributed by atoms with Gasteiger partial charge in [-0.3, -0.25) is 14.3 Å². The number of nitrogens with zero attached hydrogens (tertiary/aromatic N) is 2. The summed E-state index contributed by atoms with van der Waals surface area (Å²) in [6.45, 7) is 6.83. The Morgan fingerprint density at radius 3 is 2.72 bits per heavy atom. The Morgan fingerprint density at radius 2 is 2.06 bits per heavy atom. The summed E-state index contributed by atoms with van der Waals surface area (Å²) >= 11 is 0. The van der Waals surface area contributed by atoms with Gasteiger partial charge in [0.2, 0.25) is 0 Å². The predicted octanol–water partition coefficient (Wildman–Crippen LogP) is 3.09. The van der Waals surface area contributed by atoms with Crippen LogP contribution in [0, 0.1) is 12.7 Å². The van der Waals surface area contributed by atoms with Gasteiger partial charge >= 0.3 is 0 Å². The maximum Gasteiger partial charge on any atom is 0.275 e. The van der Waals surface area contributed by atoms with E-state index in [2.05, 4.69) is 22.3 Å². The molecule has 1 fully saturated rings. The van der Waals surface area contributed by atoms with Crippen molar-refractivity contribution in [3.63, 3.8) is 0 Å². The van der Waals surface area contributed by atoms with Gasteiger partial charge in [0.05, 0.1) is 16.9 Å². The van der Waals surface area contributed by atoms with Crippen LogP contribution in [0.15, 0.2) is 66.6 Å². The van der Waals surface area contributed by atoms with Crippen LogP contribution in [-0.4, -0.2) is 34.2 Å². The van der Waals surface area contributed by atoms with Crippen LogP contribution < -0.4 is 10.6 Å². The molecule has 1 aliphatic carbocycles. The number of nitrogens with one attached hydrogen (secondary N) is 2. The van der Waals surface area contributed by atoms with E-state index in [9.17, 15) is 9.59 Å². The number of amides is 2. The van der Waals surface area contributed by atoms with Crippen LogP contribution >= 0.6 is 0 Å². The van der Waals surface area contributed by atoms with Gasteiger partial charge in [0.1, 0.15) is 18.4 Å². The Morgan fingerprint density at radius 1 is 1.34 bits per heavy atom. The van der Waals surface area contributed by atoms with Crippen molar-refractivity contribution in [1.82, 2.24) is 20.4 Å². The molecule has 1 aliphatic heterocycles. The van der Waals surface area contributed by atoms with Crippen molar-refractivity contribution in [2.24, 2.45) is 0 Å². The van der Waals surface area contributed by atoms with Gasteiger partial charge in [0.15, 0.2) is 11.5 Å². The van der Waals surface area contributed by atoms with Crippen molar-refractivity contribution in [2.45, 2.75) is 38.3 Å². The molecule has 7 nitrogen and oxygen atoms in total. The van der Waals surface area contributed by atoms with E-state index in [4.69, 9.17) is 4.74 Å². The summed E-state index contributed by atoms with van der Waals surface area (Å²) in [5.41, 5.74) is 0.999. The van der Waals surface area contributed by atoms with Gasteiger partial charge in [0.25, 0.3) is 11.8 Å². The highest BCUT2D eigenvalue weighted by Gasteiger charge is 2.49. The first-order valence-corrected chi connectivity index (χ1v) is 10.4. The summed E-state index contributed by atoms with van der Waals surface area (Å²) in [5.74, 6) is -1.42. The molecular formula is C24H25FN4O3. The first kappa shape index (κ1) is 21.5. The average molecular weight is 436 g/mol. The number of ether oxygens (including phenoxy) is 1. The van der Waals surface area contributed by atoms with Crippen LogP contribution in [-0.2, 0) is 15.1 Å². The lowest BCUT2D eigenvalue weighted by Crippen LogP contribution is -2.48. The molecule has 1 saturated carbocycles. The SMILES string of the molecule is C=C/C=C\C1=C(C)OC[C@H](NC(=O)c2nn(C3(c4ccccc4)CC3)c(C)c2F)C(=O)N1. The molecule has 4 rings (SSSR count). The first-order chi connectivity index (χ1) is 15.4. The number of carbonyl (C=O) groups is 2. The molecule has 8 heteroatoms. The van der Waals surface area contributed by atoms with E-state index in [1.54, 1.807) is 36.8 Å². The minimum absolute atomic E-state index is 0.0793. The second kappa shape index (κ2) is 8.45. The monoisotopic (exact) mass is 436 g/mol. The molecule has 2 aromatic rings. The molecule has 2 amide bonds. The summed E-state index contributed by atoms with van der Waals surface area (Å²) in [6, 6.07) is 8.74. The zero-order valence-electron chi connectivity index (χ0n) is 18.0. The second-order valence-electron chi connectivity index (χ2n) is 7.95. The molecule has 0 unspecified atom stereocenters. The normalized spacial score (nSPS) is 19.8. The van der Waals surface area contributed by atoms with Crippen LogP contribution in [0.3, 0.4) is 0 Å². The Kier molecular flexibility index (Phi) is 5.69. The zero-order valence-corrected chi connectivity index (χ0v) is 18.0. The summed E-state index contributed by atoms with van der Waals surface area (Å²) in [7, 11) is 0. The van der Waals surface area contributed by atoms with Crippen LogP contribution in [0.1, 0.15) is 41.5 Å². The second-order valence-corrected chi connectivity index (χ2v) is 7.95. The van der Waals surface area contributed by atoms with E-state index in [1.807, 2.05) is 30.3 Å². The van der Waals surface area contributed by atoms with E-state index in [0.29, 0.717) is 11.5 Å². The maximum absolute atomic E-state index is 15.0. The van der Waals surface area contributed by atoms with Crippen LogP contribution in [0.25, 0.3) is 0 Å². The average Bonchev–Trinajstić information content (AvgIpc) is 3.56. The zero-order chi connectivity index (χ0) is 22.9. The number of allylic oxidation sites excluding steroid dienone is 4. The van der Waals surface area contributed by atoms with Crippen molar-refractivity contribution in [3.8, 4) is 0 Å². The Hall–Kier alpha value is -3.68. The van der Waals surface area contributed by atoms with Gasteiger partial charge in [-0.05, 0) is 38.3 Å². The highest BCUT2D eigenvalue weighted by atomic mass is 19.1. The van der Waals surface area contributed by atoms with Gasteiger partial charge in [-0.2, -0.15) is 5.10 Å². The Balaban J connectivity index is 1.54. The molecule has 0 spiro atoms. The highest BCUT2D eigenvalue weighted by Crippen LogP contribution is 2.49. The van der Waals surface area contributed by atoms with Crippen LogP contribution in [0.4, 0.5) is 4.39 Å².